The van der Waals surface area contributed by atoms with E-state index in [0.29, 0.717) is 17.0 Å². The summed E-state index contributed by atoms with van der Waals surface area (Å²) in [6, 6.07) is 13.5. The average Bonchev–Trinajstić information content (AvgIpc) is 2.65. The zero-order chi connectivity index (χ0) is 19.8. The van der Waals surface area contributed by atoms with Gasteiger partial charge in [0.2, 0.25) is 5.91 Å². The van der Waals surface area contributed by atoms with E-state index in [0.717, 1.165) is 11.3 Å². The van der Waals surface area contributed by atoms with Crippen LogP contribution in [-0.2, 0) is 4.79 Å². The lowest BCUT2D eigenvalue weighted by molar-refractivity contribution is -0.123. The van der Waals surface area contributed by atoms with Crippen LogP contribution in [0.15, 0.2) is 48.5 Å². The fourth-order valence-corrected chi connectivity index (χ4v) is 3.52. The number of hydrogen-bond donors (Lipinski definition) is 2. The first-order chi connectivity index (χ1) is 12.9. The fourth-order valence-electron chi connectivity index (χ4n) is 2.55. The van der Waals surface area contributed by atoms with E-state index in [1.165, 1.54) is 6.07 Å². The lowest BCUT2D eigenvalue weighted by Gasteiger charge is -2.22. The molecule has 0 aromatic heterocycles. The number of carbonyl (C=O) groups excluding carboxylic acids is 2. The van der Waals surface area contributed by atoms with Crippen LogP contribution in [0, 0.1) is 0 Å². The van der Waals surface area contributed by atoms with E-state index in [2.05, 4.69) is 10.6 Å². The first kappa shape index (κ1) is 21.6. The van der Waals surface area contributed by atoms with Crippen LogP contribution in [0.4, 0.5) is 0 Å². The van der Waals surface area contributed by atoms with E-state index in [-0.39, 0.29) is 17.0 Å². The topological polar surface area (TPSA) is 58.2 Å². The Morgan fingerprint density at radius 2 is 1.78 bits per heavy atom. The summed E-state index contributed by atoms with van der Waals surface area (Å²) in [7, 11) is 0. The van der Waals surface area contributed by atoms with Gasteiger partial charge in [-0.2, -0.15) is 11.8 Å². The van der Waals surface area contributed by atoms with Gasteiger partial charge in [0.15, 0.2) is 0 Å². The second kappa shape index (κ2) is 10.6. The Labute approximate surface area is 174 Å². The summed E-state index contributed by atoms with van der Waals surface area (Å²) in [6.45, 7) is 1.91. The van der Waals surface area contributed by atoms with Crippen LogP contribution in [-0.4, -0.2) is 29.9 Å². The van der Waals surface area contributed by atoms with Crippen molar-refractivity contribution in [2.75, 3.05) is 12.0 Å². The molecule has 0 fully saturated rings. The van der Waals surface area contributed by atoms with E-state index >= 15 is 0 Å². The summed E-state index contributed by atoms with van der Waals surface area (Å²) in [5, 5.41) is 6.46. The summed E-state index contributed by atoms with van der Waals surface area (Å²) in [5.41, 5.74) is 1.29. The molecular weight excluding hydrogens is 403 g/mol. The maximum Gasteiger partial charge on any atom is 0.253 e. The third-order valence-electron chi connectivity index (χ3n) is 4.07. The summed E-state index contributed by atoms with van der Waals surface area (Å²) in [5.74, 6) is 0.121. The molecule has 0 aliphatic rings. The molecule has 0 radical (unpaired) electrons. The molecular formula is C20H22Cl2N2O2S. The van der Waals surface area contributed by atoms with Gasteiger partial charge in [0.1, 0.15) is 6.04 Å². The van der Waals surface area contributed by atoms with Gasteiger partial charge >= 0.3 is 0 Å². The van der Waals surface area contributed by atoms with Gasteiger partial charge in [0.05, 0.1) is 16.6 Å². The smallest absolute Gasteiger partial charge is 0.253 e. The number of nitrogens with one attached hydrogen (secondary N) is 2. The van der Waals surface area contributed by atoms with Crippen molar-refractivity contribution >= 4 is 46.8 Å². The molecule has 27 heavy (non-hydrogen) atoms. The summed E-state index contributed by atoms with van der Waals surface area (Å²) in [4.78, 5) is 25.3. The zero-order valence-electron chi connectivity index (χ0n) is 15.2. The molecule has 0 saturated heterocycles. The molecule has 0 saturated carbocycles. The van der Waals surface area contributed by atoms with Gasteiger partial charge in [0, 0.05) is 5.02 Å². The van der Waals surface area contributed by atoms with Crippen LogP contribution in [0.5, 0.6) is 0 Å². The molecule has 2 rings (SSSR count). The van der Waals surface area contributed by atoms with Gasteiger partial charge in [-0.1, -0.05) is 53.5 Å². The van der Waals surface area contributed by atoms with Crippen molar-refractivity contribution in [1.29, 1.82) is 0 Å². The number of benzene rings is 2. The second-order valence-electron chi connectivity index (χ2n) is 6.07. The summed E-state index contributed by atoms with van der Waals surface area (Å²) >= 11 is 13.6. The zero-order valence-corrected chi connectivity index (χ0v) is 17.5. The van der Waals surface area contributed by atoms with Crippen LogP contribution >= 0.6 is 35.0 Å². The Balaban J connectivity index is 2.09. The third-order valence-corrected chi connectivity index (χ3v) is 5.26. The lowest BCUT2D eigenvalue weighted by Crippen LogP contribution is -2.47. The largest absolute Gasteiger partial charge is 0.348 e. The van der Waals surface area contributed by atoms with Gasteiger partial charge in [-0.3, -0.25) is 9.59 Å². The number of carbonyl (C=O) groups is 2. The first-order valence-corrected chi connectivity index (χ1v) is 10.7. The molecule has 2 unspecified atom stereocenters. The van der Waals surface area contributed by atoms with Gasteiger partial charge in [0.25, 0.3) is 5.91 Å². The molecule has 2 aromatic carbocycles. The van der Waals surface area contributed by atoms with Crippen molar-refractivity contribution in [3.8, 4) is 0 Å². The predicted molar refractivity (Wildman–Crippen MR) is 114 cm³/mol. The van der Waals surface area contributed by atoms with E-state index in [9.17, 15) is 9.59 Å². The Hall–Kier alpha value is -1.69. The standard InChI is InChI=1S/C20H22Cl2N2O2S/c1-13(14-6-4-3-5-7-14)23-20(26)18(10-11-27-2)24-19(25)16-9-8-15(21)12-17(16)22/h3-9,12-13,18H,10-11H2,1-2H3,(H,23,26)(H,24,25). The highest BCUT2D eigenvalue weighted by molar-refractivity contribution is 7.98. The number of halogens is 2. The van der Waals surface area contributed by atoms with Crippen molar-refractivity contribution in [2.45, 2.75) is 25.4 Å². The monoisotopic (exact) mass is 424 g/mol. The van der Waals surface area contributed by atoms with Crippen molar-refractivity contribution < 1.29 is 9.59 Å². The minimum atomic E-state index is -0.650. The van der Waals surface area contributed by atoms with Gasteiger partial charge in [-0.25, -0.2) is 0 Å². The molecule has 144 valence electrons. The van der Waals surface area contributed by atoms with Gasteiger partial charge < -0.3 is 10.6 Å². The van der Waals surface area contributed by atoms with Gasteiger partial charge in [-0.05, 0) is 49.1 Å². The Morgan fingerprint density at radius 3 is 2.41 bits per heavy atom. The maximum absolute atomic E-state index is 12.7. The van der Waals surface area contributed by atoms with Crippen LogP contribution in [0.2, 0.25) is 10.0 Å². The molecule has 7 heteroatoms. The molecule has 2 aromatic rings. The lowest BCUT2D eigenvalue weighted by atomic mass is 10.1. The minimum absolute atomic E-state index is 0.161. The van der Waals surface area contributed by atoms with Crippen molar-refractivity contribution in [3.63, 3.8) is 0 Å². The summed E-state index contributed by atoms with van der Waals surface area (Å²) < 4.78 is 0. The van der Waals surface area contributed by atoms with Crippen molar-refractivity contribution in [2.24, 2.45) is 0 Å². The Morgan fingerprint density at radius 1 is 1.07 bits per heavy atom. The van der Waals surface area contributed by atoms with Crippen LogP contribution in [0.3, 0.4) is 0 Å². The van der Waals surface area contributed by atoms with E-state index in [1.807, 2.05) is 43.5 Å². The molecule has 0 heterocycles. The predicted octanol–water partition coefficient (Wildman–Crippen LogP) is 4.72. The SMILES string of the molecule is CSCCC(NC(=O)c1ccc(Cl)cc1Cl)C(=O)NC(C)c1ccccc1. The van der Waals surface area contributed by atoms with Crippen molar-refractivity contribution in [3.05, 3.63) is 69.7 Å². The van der Waals surface area contributed by atoms with E-state index < -0.39 is 11.9 Å². The van der Waals surface area contributed by atoms with Crippen LogP contribution < -0.4 is 10.6 Å². The quantitative estimate of drug-likeness (QED) is 0.644. The molecule has 2 N–H and O–H groups in total. The molecule has 0 spiro atoms. The normalized spacial score (nSPS) is 12.9. The van der Waals surface area contributed by atoms with Crippen molar-refractivity contribution in [1.82, 2.24) is 10.6 Å². The molecule has 0 bridgehead atoms. The number of thioether (sulfide) groups is 1. The van der Waals surface area contributed by atoms with Crippen LogP contribution in [0.1, 0.15) is 35.3 Å². The molecule has 2 amide bonds. The van der Waals surface area contributed by atoms with Crippen LogP contribution in [0.25, 0.3) is 0 Å². The fraction of sp³-hybridized carbons (Fsp3) is 0.300. The molecule has 4 nitrogen and oxygen atoms in total. The second-order valence-corrected chi connectivity index (χ2v) is 7.90. The third kappa shape index (κ3) is 6.45. The highest BCUT2D eigenvalue weighted by atomic mass is 35.5. The highest BCUT2D eigenvalue weighted by Crippen LogP contribution is 2.21. The Bertz CT molecular complexity index is 787. The minimum Gasteiger partial charge on any atom is -0.348 e. The Kier molecular flexibility index (Phi) is 8.48. The summed E-state index contributed by atoms with van der Waals surface area (Å²) in [6.07, 6.45) is 2.48. The maximum atomic E-state index is 12.7. The first-order valence-electron chi connectivity index (χ1n) is 8.52. The number of amides is 2. The van der Waals surface area contributed by atoms with E-state index in [4.69, 9.17) is 23.2 Å². The van der Waals surface area contributed by atoms with E-state index in [1.54, 1.807) is 23.9 Å². The van der Waals surface area contributed by atoms with Gasteiger partial charge in [-0.15, -0.1) is 0 Å². The molecule has 2 atom stereocenters. The highest BCUT2D eigenvalue weighted by Gasteiger charge is 2.23. The molecule has 0 aliphatic heterocycles. The molecule has 0 aliphatic carbocycles. The number of rotatable bonds is 8. The number of hydrogen-bond acceptors (Lipinski definition) is 3. The average molecular weight is 425 g/mol.